The summed E-state index contributed by atoms with van der Waals surface area (Å²) in [6.45, 7) is 3.95. The molecule has 4 heteroatoms. The molecule has 0 fully saturated rings. The number of rotatable bonds is 6. The fourth-order valence-corrected chi connectivity index (χ4v) is 1.94. The second-order valence-corrected chi connectivity index (χ2v) is 4.02. The molecule has 0 spiro atoms. The average molecular weight is 260 g/mol. The maximum absolute atomic E-state index is 11.6. The Labute approximate surface area is 114 Å². The molecule has 1 heterocycles. The normalized spacial score (nSPS) is 11.3. The number of ether oxygens (including phenoxy) is 1. The highest BCUT2D eigenvalue weighted by molar-refractivity contribution is 5.97. The van der Waals surface area contributed by atoms with Crippen molar-refractivity contribution in [3.63, 3.8) is 0 Å². The van der Waals surface area contributed by atoms with E-state index in [1.807, 2.05) is 38.2 Å². The van der Waals surface area contributed by atoms with Crippen molar-refractivity contribution in [3.05, 3.63) is 47.2 Å². The molecule has 0 unspecified atom stereocenters. The van der Waals surface area contributed by atoms with Gasteiger partial charge in [-0.2, -0.15) is 0 Å². The summed E-state index contributed by atoms with van der Waals surface area (Å²) in [5.74, 6) is -0.203. The molecule has 0 bridgehead atoms. The standard InChI is InChI=1S/C15H20N2O2/c1-4-6-7-8-9-11-10-17-15(19-3)13(14(16)18)12(11)5-2/h4,6-8,10H,5,9H2,1-3H3,(H2,16,18). The van der Waals surface area contributed by atoms with Crippen LogP contribution in [0, 0.1) is 0 Å². The highest BCUT2D eigenvalue weighted by Gasteiger charge is 2.17. The van der Waals surface area contributed by atoms with Crippen molar-refractivity contribution in [1.29, 1.82) is 0 Å². The molecule has 0 saturated heterocycles. The number of carbonyl (C=O) groups is 1. The molecule has 102 valence electrons. The van der Waals surface area contributed by atoms with Crippen LogP contribution < -0.4 is 10.5 Å². The summed E-state index contributed by atoms with van der Waals surface area (Å²) >= 11 is 0. The minimum absolute atomic E-state index is 0.297. The fraction of sp³-hybridized carbons (Fsp3) is 0.333. The molecule has 0 aromatic carbocycles. The molecular weight excluding hydrogens is 240 g/mol. The first-order chi connectivity index (χ1) is 9.15. The van der Waals surface area contributed by atoms with Gasteiger partial charge in [0, 0.05) is 6.20 Å². The lowest BCUT2D eigenvalue weighted by Crippen LogP contribution is -2.17. The van der Waals surface area contributed by atoms with Crippen molar-refractivity contribution in [1.82, 2.24) is 4.98 Å². The van der Waals surface area contributed by atoms with Gasteiger partial charge in [0.25, 0.3) is 5.91 Å². The van der Waals surface area contributed by atoms with E-state index in [0.717, 1.165) is 11.1 Å². The van der Waals surface area contributed by atoms with Gasteiger partial charge in [-0.1, -0.05) is 31.2 Å². The lowest BCUT2D eigenvalue weighted by molar-refractivity contribution is 0.0995. The van der Waals surface area contributed by atoms with Crippen LogP contribution in [0.15, 0.2) is 30.5 Å². The molecule has 1 aromatic rings. The average Bonchev–Trinajstić information content (AvgIpc) is 2.42. The summed E-state index contributed by atoms with van der Waals surface area (Å²) in [7, 11) is 1.49. The third kappa shape index (κ3) is 3.68. The lowest BCUT2D eigenvalue weighted by Gasteiger charge is -2.13. The monoisotopic (exact) mass is 260 g/mol. The number of hydrogen-bond donors (Lipinski definition) is 1. The molecule has 0 aliphatic rings. The van der Waals surface area contributed by atoms with Crippen molar-refractivity contribution in [2.24, 2.45) is 5.73 Å². The maximum Gasteiger partial charge on any atom is 0.254 e. The summed E-state index contributed by atoms with van der Waals surface area (Å²) in [5.41, 5.74) is 7.72. The van der Waals surface area contributed by atoms with Crippen LogP contribution in [-0.2, 0) is 12.8 Å². The Morgan fingerprint density at radius 2 is 2.21 bits per heavy atom. The molecular formula is C15H20N2O2. The third-order valence-corrected chi connectivity index (χ3v) is 2.81. The van der Waals surface area contributed by atoms with Gasteiger partial charge in [0.2, 0.25) is 5.88 Å². The van der Waals surface area contributed by atoms with E-state index in [1.54, 1.807) is 6.20 Å². The molecule has 0 aliphatic carbocycles. The van der Waals surface area contributed by atoms with Crippen molar-refractivity contribution in [2.45, 2.75) is 26.7 Å². The zero-order chi connectivity index (χ0) is 14.3. The lowest BCUT2D eigenvalue weighted by atomic mass is 9.98. The molecule has 1 aromatic heterocycles. The van der Waals surface area contributed by atoms with Crippen LogP contribution >= 0.6 is 0 Å². The minimum atomic E-state index is -0.500. The summed E-state index contributed by atoms with van der Waals surface area (Å²) < 4.78 is 5.11. The number of allylic oxidation sites excluding steroid dienone is 4. The molecule has 0 atom stereocenters. The van der Waals surface area contributed by atoms with Gasteiger partial charge in [-0.3, -0.25) is 4.79 Å². The minimum Gasteiger partial charge on any atom is -0.480 e. The van der Waals surface area contributed by atoms with Crippen LogP contribution in [0.2, 0.25) is 0 Å². The van der Waals surface area contributed by atoms with Gasteiger partial charge >= 0.3 is 0 Å². The Morgan fingerprint density at radius 3 is 2.74 bits per heavy atom. The van der Waals surface area contributed by atoms with Crippen molar-refractivity contribution in [2.75, 3.05) is 7.11 Å². The predicted molar refractivity (Wildman–Crippen MR) is 76.3 cm³/mol. The number of carbonyl (C=O) groups excluding carboxylic acids is 1. The Hall–Kier alpha value is -2.10. The number of hydrogen-bond acceptors (Lipinski definition) is 3. The molecule has 4 nitrogen and oxygen atoms in total. The summed E-state index contributed by atoms with van der Waals surface area (Å²) in [4.78, 5) is 15.7. The maximum atomic E-state index is 11.6. The van der Waals surface area contributed by atoms with Gasteiger partial charge in [-0.25, -0.2) is 4.98 Å². The van der Waals surface area contributed by atoms with Gasteiger partial charge in [0.15, 0.2) is 0 Å². The molecule has 2 N–H and O–H groups in total. The second-order valence-electron chi connectivity index (χ2n) is 4.02. The number of primary amides is 1. The predicted octanol–water partition coefficient (Wildman–Crippen LogP) is 2.43. The van der Waals surface area contributed by atoms with Crippen molar-refractivity contribution >= 4 is 5.91 Å². The van der Waals surface area contributed by atoms with Gasteiger partial charge < -0.3 is 10.5 Å². The largest absolute Gasteiger partial charge is 0.480 e. The SMILES string of the molecule is CC=CC=CCc1cnc(OC)c(C(N)=O)c1CC. The van der Waals surface area contributed by atoms with E-state index < -0.39 is 5.91 Å². The van der Waals surface area contributed by atoms with E-state index in [4.69, 9.17) is 10.5 Å². The Bertz CT molecular complexity index is 505. The van der Waals surface area contributed by atoms with E-state index in [-0.39, 0.29) is 0 Å². The number of methoxy groups -OCH3 is 1. The van der Waals surface area contributed by atoms with Crippen molar-refractivity contribution < 1.29 is 9.53 Å². The van der Waals surface area contributed by atoms with Crippen LogP contribution in [0.5, 0.6) is 5.88 Å². The smallest absolute Gasteiger partial charge is 0.254 e. The van der Waals surface area contributed by atoms with Crippen molar-refractivity contribution in [3.8, 4) is 5.88 Å². The fourth-order valence-electron chi connectivity index (χ4n) is 1.94. The quantitative estimate of drug-likeness (QED) is 0.799. The van der Waals surface area contributed by atoms with Crippen LogP contribution in [0.3, 0.4) is 0 Å². The Morgan fingerprint density at radius 1 is 1.47 bits per heavy atom. The first-order valence-corrected chi connectivity index (χ1v) is 6.28. The molecule has 0 saturated carbocycles. The Balaban J connectivity index is 3.19. The third-order valence-electron chi connectivity index (χ3n) is 2.81. The number of amides is 1. The van der Waals surface area contributed by atoms with Crippen LogP contribution in [-0.4, -0.2) is 18.0 Å². The van der Waals surface area contributed by atoms with Crippen LogP contribution in [0.4, 0.5) is 0 Å². The van der Waals surface area contributed by atoms with Gasteiger partial charge in [0.1, 0.15) is 5.56 Å². The number of pyridine rings is 1. The highest BCUT2D eigenvalue weighted by Crippen LogP contribution is 2.23. The summed E-state index contributed by atoms with van der Waals surface area (Å²) in [6, 6.07) is 0. The molecule has 1 amide bonds. The number of nitrogens with zero attached hydrogens (tertiary/aromatic N) is 1. The zero-order valence-electron chi connectivity index (χ0n) is 11.6. The van der Waals surface area contributed by atoms with E-state index in [2.05, 4.69) is 4.98 Å². The van der Waals surface area contributed by atoms with Crippen LogP contribution in [0.25, 0.3) is 0 Å². The van der Waals surface area contributed by atoms with E-state index in [1.165, 1.54) is 7.11 Å². The zero-order valence-corrected chi connectivity index (χ0v) is 11.6. The summed E-state index contributed by atoms with van der Waals surface area (Å²) in [6.07, 6.45) is 11.1. The van der Waals surface area contributed by atoms with E-state index >= 15 is 0 Å². The molecule has 0 radical (unpaired) electrons. The second kappa shape index (κ2) is 7.36. The first-order valence-electron chi connectivity index (χ1n) is 6.28. The van der Waals surface area contributed by atoms with Gasteiger partial charge in [-0.15, -0.1) is 0 Å². The topological polar surface area (TPSA) is 65.2 Å². The van der Waals surface area contributed by atoms with Crippen LogP contribution in [0.1, 0.15) is 35.3 Å². The van der Waals surface area contributed by atoms with E-state index in [0.29, 0.717) is 24.3 Å². The Kier molecular flexibility index (Phi) is 5.79. The number of aromatic nitrogens is 1. The first kappa shape index (κ1) is 15.0. The highest BCUT2D eigenvalue weighted by atomic mass is 16.5. The van der Waals surface area contributed by atoms with E-state index in [9.17, 15) is 4.79 Å². The molecule has 0 aliphatic heterocycles. The molecule has 1 rings (SSSR count). The van der Waals surface area contributed by atoms with Gasteiger partial charge in [-0.05, 0) is 30.9 Å². The number of nitrogens with two attached hydrogens (primary N) is 1. The van der Waals surface area contributed by atoms with Gasteiger partial charge in [0.05, 0.1) is 7.11 Å². The summed E-state index contributed by atoms with van der Waals surface area (Å²) in [5, 5.41) is 0. The molecule has 19 heavy (non-hydrogen) atoms.